The zero-order chi connectivity index (χ0) is 66.1. The molecule has 0 saturated carbocycles. The summed E-state index contributed by atoms with van der Waals surface area (Å²) in [5.74, 6) is -0.130. The molecule has 4 unspecified atom stereocenters. The maximum absolute atomic E-state index is 14.7. The van der Waals surface area contributed by atoms with E-state index in [4.69, 9.17) is 0 Å². The van der Waals surface area contributed by atoms with Gasteiger partial charge in [0.1, 0.15) is 23.3 Å². The van der Waals surface area contributed by atoms with Gasteiger partial charge in [0.25, 0.3) is 22.9 Å². The van der Waals surface area contributed by atoms with Crippen LogP contribution in [0.3, 0.4) is 0 Å². The number of unbranched alkanes of at least 4 members (excludes halogenated alkanes) is 4. The van der Waals surface area contributed by atoms with E-state index in [1.54, 1.807) is 109 Å². The third-order valence-electron chi connectivity index (χ3n) is 17.7. The van der Waals surface area contributed by atoms with Crippen LogP contribution in [0.5, 0.6) is 11.8 Å². The Bertz CT molecular complexity index is 3560. The van der Waals surface area contributed by atoms with Gasteiger partial charge < -0.3 is 20.0 Å². The first-order valence-electron chi connectivity index (χ1n) is 33.4. The van der Waals surface area contributed by atoms with Gasteiger partial charge in [0, 0.05) is 48.4 Å². The number of pyridine rings is 2. The van der Waals surface area contributed by atoms with Crippen LogP contribution < -0.4 is 11.1 Å². The van der Waals surface area contributed by atoms with Crippen LogP contribution in [0.1, 0.15) is 190 Å². The average Bonchev–Trinajstić information content (AvgIpc) is 0.765. The van der Waals surface area contributed by atoms with E-state index in [1.807, 2.05) is 9.80 Å². The monoisotopic (exact) mass is 1240 g/mol. The Morgan fingerprint density at radius 3 is 1.04 bits per heavy atom. The number of amides is 2. The van der Waals surface area contributed by atoms with Crippen LogP contribution in [0.15, 0.2) is 164 Å². The summed E-state index contributed by atoms with van der Waals surface area (Å²) in [4.78, 5) is 62.5. The molecule has 4 atom stereocenters. The normalized spacial score (nSPS) is 12.8. The zero-order valence-corrected chi connectivity index (χ0v) is 55.2. The van der Waals surface area contributed by atoms with Gasteiger partial charge in [-0.05, 0) is 121 Å². The summed E-state index contributed by atoms with van der Waals surface area (Å²) in [6.07, 6.45) is 16.6. The molecule has 0 aliphatic heterocycles. The van der Waals surface area contributed by atoms with Gasteiger partial charge in [0.15, 0.2) is 11.4 Å². The standard InChI is InChI=1S/C76H92N10O6/c1-9-17-29-53(13-5)49-83(50-54(14-6)30-18-10-2)71(87)59-37-27-39-61(45-59)79-81-69-67(57-33-23-21-24-34-57)65(47-77)73(89)85(75(69)91)63-41-43-64(44-42-63)86-74(90)66(48-78)68(58-35-25-22-26-36-58)70(76(86)92)82-80-62-40-28-38-60(46-62)72(88)84(51-55(15-7)31-19-11-3)52-56(16-8)32-20-12-4/h21-28,33-46,53-56,91-92H,9-20,29-32,49-52H2,1-8H3/b81-79+,82-80+. The predicted octanol–water partition coefficient (Wildman–Crippen LogP) is 19.1. The highest BCUT2D eigenvalue weighted by molar-refractivity contribution is 5.96. The van der Waals surface area contributed by atoms with E-state index in [9.17, 15) is 39.9 Å². The molecular weight excluding hydrogens is 1150 g/mol. The number of aromatic hydroxyl groups is 2. The summed E-state index contributed by atoms with van der Waals surface area (Å²) in [7, 11) is 0. The van der Waals surface area contributed by atoms with Gasteiger partial charge in [-0.2, -0.15) is 20.8 Å². The SMILES string of the molecule is CCCCC(CC)CN(CC(CC)CCCC)C(=O)c1cccc(/N=N/c2c(-c3ccccc3)c(C#N)c(=O)n(-c3ccc(-n4c(O)c(/N=N/c5cccc(C(=O)N(CC(CC)CCCC)CC(CC)CCCC)c5)c(-c5ccccc5)c(C#N)c4=O)cc3)c2O)c1. The van der Waals surface area contributed by atoms with Crippen molar-refractivity contribution in [1.82, 2.24) is 18.9 Å². The number of nitrogens with zero attached hydrogens (tertiary/aromatic N) is 10. The topological polar surface area (TPSA) is 222 Å². The number of hydrogen-bond donors (Lipinski definition) is 2. The number of carbonyl (C=O) groups is 2. The van der Waals surface area contributed by atoms with E-state index in [-0.39, 0.29) is 56.8 Å². The highest BCUT2D eigenvalue weighted by Crippen LogP contribution is 2.43. The van der Waals surface area contributed by atoms with Crippen LogP contribution in [0.2, 0.25) is 0 Å². The molecule has 2 amide bonds. The second-order valence-corrected chi connectivity index (χ2v) is 24.2. The largest absolute Gasteiger partial charge is 0.493 e. The van der Waals surface area contributed by atoms with Crippen LogP contribution in [-0.4, -0.2) is 67.1 Å². The summed E-state index contributed by atoms with van der Waals surface area (Å²) in [6.45, 7) is 20.0. The van der Waals surface area contributed by atoms with E-state index < -0.39 is 22.9 Å². The van der Waals surface area contributed by atoms with Crippen molar-refractivity contribution in [2.24, 2.45) is 44.1 Å². The molecule has 7 aromatic rings. The molecule has 2 N–H and O–H groups in total. The lowest BCUT2D eigenvalue weighted by Gasteiger charge is -2.31. The number of carbonyl (C=O) groups excluding carboxylic acids is 2. The first kappa shape index (κ1) is 70.2. The minimum absolute atomic E-state index is 0.0350. The van der Waals surface area contributed by atoms with Gasteiger partial charge in [-0.15, -0.1) is 10.2 Å². The van der Waals surface area contributed by atoms with Crippen molar-refractivity contribution in [2.75, 3.05) is 26.2 Å². The highest BCUT2D eigenvalue weighted by Gasteiger charge is 2.29. The number of nitriles is 2. The number of benzene rings is 5. The van der Waals surface area contributed by atoms with Gasteiger partial charge in [0.2, 0.25) is 11.8 Å². The summed E-state index contributed by atoms with van der Waals surface area (Å²) < 4.78 is 1.82. The minimum atomic E-state index is -0.883. The summed E-state index contributed by atoms with van der Waals surface area (Å²) in [6, 6.07) is 40.7. The van der Waals surface area contributed by atoms with Gasteiger partial charge in [0.05, 0.1) is 22.7 Å². The third kappa shape index (κ3) is 17.6. The number of hydrogen-bond acceptors (Lipinski definition) is 12. The Labute approximate surface area is 543 Å². The van der Waals surface area contributed by atoms with E-state index in [2.05, 4.69) is 88.0 Å². The fourth-order valence-electron chi connectivity index (χ4n) is 12.1. The van der Waals surface area contributed by atoms with Crippen molar-refractivity contribution >= 4 is 34.6 Å². The molecule has 0 spiro atoms. The third-order valence-corrected chi connectivity index (χ3v) is 17.7. The number of rotatable bonds is 34. The smallest absolute Gasteiger partial charge is 0.276 e. The zero-order valence-electron chi connectivity index (χ0n) is 55.2. The second-order valence-electron chi connectivity index (χ2n) is 24.2. The molecule has 0 saturated heterocycles. The van der Waals surface area contributed by atoms with Crippen LogP contribution in [-0.2, 0) is 0 Å². The van der Waals surface area contributed by atoms with Crippen molar-refractivity contribution in [3.63, 3.8) is 0 Å². The van der Waals surface area contributed by atoms with E-state index >= 15 is 0 Å². The molecule has 0 radical (unpaired) electrons. The summed E-state index contributed by atoms with van der Waals surface area (Å²) in [5.41, 5.74) is -0.426. The molecule has 92 heavy (non-hydrogen) atoms. The lowest BCUT2D eigenvalue weighted by atomic mass is 9.95. The van der Waals surface area contributed by atoms with Crippen LogP contribution in [0, 0.1) is 46.3 Å². The van der Waals surface area contributed by atoms with Gasteiger partial charge in [-0.1, -0.05) is 205 Å². The maximum atomic E-state index is 14.7. The van der Waals surface area contributed by atoms with Crippen LogP contribution >= 0.6 is 0 Å². The molecule has 16 nitrogen and oxygen atoms in total. The van der Waals surface area contributed by atoms with Crippen molar-refractivity contribution < 1.29 is 19.8 Å². The molecule has 2 heterocycles. The molecule has 7 rings (SSSR count). The Morgan fingerprint density at radius 2 is 0.761 bits per heavy atom. The summed E-state index contributed by atoms with van der Waals surface area (Å²) in [5, 5.41) is 64.6. The Hall–Kier alpha value is -9.28. The fourth-order valence-corrected chi connectivity index (χ4v) is 12.1. The average molecular weight is 1240 g/mol. The lowest BCUT2D eigenvalue weighted by molar-refractivity contribution is 0.0678. The molecule has 0 fully saturated rings. The van der Waals surface area contributed by atoms with Crippen molar-refractivity contribution in [1.29, 1.82) is 10.5 Å². The van der Waals surface area contributed by atoms with Gasteiger partial charge in [-0.3, -0.25) is 19.2 Å². The molecule has 0 aliphatic rings. The van der Waals surface area contributed by atoms with E-state index in [0.717, 1.165) is 112 Å². The maximum Gasteiger partial charge on any atom is 0.276 e. The highest BCUT2D eigenvalue weighted by atomic mass is 16.3. The molecular formula is C76H92N10O6. The van der Waals surface area contributed by atoms with E-state index in [0.29, 0.717) is 83.5 Å². The minimum Gasteiger partial charge on any atom is -0.493 e. The van der Waals surface area contributed by atoms with Crippen molar-refractivity contribution in [2.45, 2.75) is 158 Å². The van der Waals surface area contributed by atoms with Crippen molar-refractivity contribution in [3.8, 4) is 57.5 Å². The van der Waals surface area contributed by atoms with Gasteiger partial charge >= 0.3 is 0 Å². The molecule has 5 aromatic carbocycles. The second kappa shape index (κ2) is 35.4. The van der Waals surface area contributed by atoms with E-state index in [1.165, 1.54) is 24.3 Å². The van der Waals surface area contributed by atoms with Crippen LogP contribution in [0.25, 0.3) is 33.6 Å². The molecule has 2 aromatic heterocycles. The first-order valence-corrected chi connectivity index (χ1v) is 33.4. The summed E-state index contributed by atoms with van der Waals surface area (Å²) >= 11 is 0. The van der Waals surface area contributed by atoms with Crippen molar-refractivity contribution in [3.05, 3.63) is 176 Å². The number of azo groups is 2. The predicted molar refractivity (Wildman–Crippen MR) is 368 cm³/mol. The first-order chi connectivity index (χ1) is 44.7. The Balaban J connectivity index is 1.30. The quantitative estimate of drug-likeness (QED) is 0.0368. The molecule has 0 aliphatic carbocycles. The Morgan fingerprint density at radius 1 is 0.446 bits per heavy atom. The number of aromatic nitrogens is 2. The van der Waals surface area contributed by atoms with Gasteiger partial charge in [-0.25, -0.2) is 9.13 Å². The lowest BCUT2D eigenvalue weighted by Crippen LogP contribution is -2.39. The van der Waals surface area contributed by atoms with Crippen LogP contribution in [0.4, 0.5) is 22.7 Å². The fraction of sp³-hybridized carbons (Fsp3) is 0.421. The molecule has 16 heteroatoms. The molecule has 0 bridgehead atoms. The Kier molecular flexibility index (Phi) is 27.0. The molecule has 482 valence electrons.